The summed E-state index contributed by atoms with van der Waals surface area (Å²) >= 11 is 0. The van der Waals surface area contributed by atoms with Gasteiger partial charge >= 0.3 is 0 Å². The van der Waals surface area contributed by atoms with Crippen molar-refractivity contribution in [3.63, 3.8) is 0 Å². The van der Waals surface area contributed by atoms with Gasteiger partial charge in [-0.25, -0.2) is 4.39 Å². The van der Waals surface area contributed by atoms with Crippen molar-refractivity contribution in [1.29, 1.82) is 0 Å². The number of benzene rings is 2. The summed E-state index contributed by atoms with van der Waals surface area (Å²) in [5, 5.41) is 0. The predicted molar refractivity (Wildman–Crippen MR) is 106 cm³/mol. The zero-order valence-corrected chi connectivity index (χ0v) is 15.8. The SMILES string of the molecule is Cc1ccc(C#Cc2ccc(C#CC3CCC(C)CC3)c(F)c2)c(C)c1. The second-order valence-corrected chi connectivity index (χ2v) is 7.49. The lowest BCUT2D eigenvalue weighted by Crippen LogP contribution is -2.10. The molecule has 0 spiro atoms. The van der Waals surface area contributed by atoms with Crippen LogP contribution in [0.25, 0.3) is 0 Å². The van der Waals surface area contributed by atoms with Crippen LogP contribution in [0, 0.1) is 55.2 Å². The highest BCUT2D eigenvalue weighted by atomic mass is 19.1. The summed E-state index contributed by atoms with van der Waals surface area (Å²) in [7, 11) is 0. The molecule has 1 saturated carbocycles. The van der Waals surface area contributed by atoms with E-state index in [9.17, 15) is 4.39 Å². The van der Waals surface area contributed by atoms with Gasteiger partial charge in [-0.1, -0.05) is 48.3 Å². The van der Waals surface area contributed by atoms with Crippen molar-refractivity contribution in [2.75, 3.05) is 0 Å². The fourth-order valence-corrected chi connectivity index (χ4v) is 3.37. The molecule has 132 valence electrons. The fourth-order valence-electron chi connectivity index (χ4n) is 3.37. The summed E-state index contributed by atoms with van der Waals surface area (Å²) < 4.78 is 14.4. The van der Waals surface area contributed by atoms with Crippen LogP contribution in [0.3, 0.4) is 0 Å². The molecule has 0 aliphatic heterocycles. The molecule has 2 aromatic rings. The Morgan fingerprint density at radius 1 is 0.846 bits per heavy atom. The lowest BCUT2D eigenvalue weighted by molar-refractivity contribution is 0.337. The molecular formula is C25H25F. The van der Waals surface area contributed by atoms with Crippen molar-refractivity contribution in [3.05, 3.63) is 70.0 Å². The Morgan fingerprint density at radius 2 is 1.58 bits per heavy atom. The largest absolute Gasteiger partial charge is 0.206 e. The maximum absolute atomic E-state index is 14.4. The van der Waals surface area contributed by atoms with Crippen molar-refractivity contribution >= 4 is 0 Å². The monoisotopic (exact) mass is 344 g/mol. The highest BCUT2D eigenvalue weighted by molar-refractivity contribution is 5.49. The summed E-state index contributed by atoms with van der Waals surface area (Å²) in [6, 6.07) is 11.3. The van der Waals surface area contributed by atoms with Crippen LogP contribution in [-0.2, 0) is 0 Å². The van der Waals surface area contributed by atoms with E-state index in [0.717, 1.165) is 29.9 Å². The molecule has 2 aromatic carbocycles. The minimum absolute atomic E-state index is 0.283. The Hall–Kier alpha value is -2.51. The molecule has 0 heterocycles. The van der Waals surface area contributed by atoms with Gasteiger partial charge in [-0.2, -0.15) is 0 Å². The quantitative estimate of drug-likeness (QED) is 0.513. The van der Waals surface area contributed by atoms with E-state index in [0.29, 0.717) is 17.0 Å². The third-order valence-corrected chi connectivity index (χ3v) is 5.12. The van der Waals surface area contributed by atoms with Gasteiger partial charge in [-0.15, -0.1) is 0 Å². The Balaban J connectivity index is 1.73. The van der Waals surface area contributed by atoms with E-state index >= 15 is 0 Å². The predicted octanol–water partition coefficient (Wildman–Crippen LogP) is 6.02. The first kappa shape index (κ1) is 18.3. The third kappa shape index (κ3) is 4.77. The zero-order valence-electron chi connectivity index (χ0n) is 15.8. The molecule has 26 heavy (non-hydrogen) atoms. The molecule has 3 rings (SSSR count). The van der Waals surface area contributed by atoms with Crippen molar-refractivity contribution in [2.45, 2.75) is 46.5 Å². The van der Waals surface area contributed by atoms with E-state index in [2.05, 4.69) is 43.6 Å². The summed E-state index contributed by atoms with van der Waals surface area (Å²) in [6.45, 7) is 6.40. The van der Waals surface area contributed by atoms with Crippen molar-refractivity contribution in [2.24, 2.45) is 11.8 Å². The van der Waals surface area contributed by atoms with Gasteiger partial charge in [-0.3, -0.25) is 0 Å². The molecule has 0 atom stereocenters. The third-order valence-electron chi connectivity index (χ3n) is 5.12. The van der Waals surface area contributed by atoms with E-state index in [1.807, 2.05) is 25.1 Å². The van der Waals surface area contributed by atoms with E-state index < -0.39 is 0 Å². The van der Waals surface area contributed by atoms with Gasteiger partial charge in [0.1, 0.15) is 5.82 Å². The van der Waals surface area contributed by atoms with Gasteiger partial charge in [0.05, 0.1) is 5.56 Å². The van der Waals surface area contributed by atoms with Gasteiger partial charge < -0.3 is 0 Å². The molecule has 0 saturated heterocycles. The molecule has 1 aliphatic carbocycles. The number of halogens is 1. The van der Waals surface area contributed by atoms with Gasteiger partial charge in [0, 0.05) is 17.0 Å². The van der Waals surface area contributed by atoms with Crippen LogP contribution >= 0.6 is 0 Å². The van der Waals surface area contributed by atoms with Crippen LogP contribution in [0.15, 0.2) is 36.4 Å². The molecular weight excluding hydrogens is 319 g/mol. The molecule has 0 radical (unpaired) electrons. The zero-order chi connectivity index (χ0) is 18.5. The molecule has 1 aliphatic rings. The van der Waals surface area contributed by atoms with Crippen molar-refractivity contribution in [3.8, 4) is 23.7 Å². The van der Waals surface area contributed by atoms with Crippen LogP contribution in [0.2, 0.25) is 0 Å². The Morgan fingerprint density at radius 3 is 2.27 bits per heavy atom. The van der Waals surface area contributed by atoms with Crippen LogP contribution in [0.1, 0.15) is 60.4 Å². The molecule has 0 N–H and O–H groups in total. The molecule has 0 nitrogen and oxygen atoms in total. The smallest absolute Gasteiger partial charge is 0.140 e. The maximum atomic E-state index is 14.4. The minimum atomic E-state index is -0.283. The summed E-state index contributed by atoms with van der Waals surface area (Å²) in [4.78, 5) is 0. The first-order valence-corrected chi connectivity index (χ1v) is 9.41. The van der Waals surface area contributed by atoms with Gasteiger partial charge in [0.2, 0.25) is 0 Å². The number of rotatable bonds is 0. The van der Waals surface area contributed by atoms with Gasteiger partial charge in [0.15, 0.2) is 0 Å². The fraction of sp³-hybridized carbons (Fsp3) is 0.360. The first-order chi connectivity index (χ1) is 12.5. The summed E-state index contributed by atoms with van der Waals surface area (Å²) in [5.74, 6) is 13.4. The topological polar surface area (TPSA) is 0 Å². The molecule has 1 heteroatoms. The van der Waals surface area contributed by atoms with Gasteiger partial charge in [-0.05, 0) is 75.3 Å². The molecule has 0 amide bonds. The Kier molecular flexibility index (Phi) is 5.80. The van der Waals surface area contributed by atoms with Crippen LogP contribution in [0.5, 0.6) is 0 Å². The normalized spacial score (nSPS) is 19.1. The highest BCUT2D eigenvalue weighted by Crippen LogP contribution is 2.27. The lowest BCUT2D eigenvalue weighted by Gasteiger charge is -2.21. The average Bonchev–Trinajstić information content (AvgIpc) is 2.61. The Bertz CT molecular complexity index is 907. The summed E-state index contributed by atoms with van der Waals surface area (Å²) in [6.07, 6.45) is 4.73. The molecule has 0 bridgehead atoms. The molecule has 0 unspecified atom stereocenters. The second kappa shape index (κ2) is 8.25. The van der Waals surface area contributed by atoms with Crippen LogP contribution in [0.4, 0.5) is 4.39 Å². The van der Waals surface area contributed by atoms with E-state index in [1.165, 1.54) is 24.5 Å². The van der Waals surface area contributed by atoms with Gasteiger partial charge in [0.25, 0.3) is 0 Å². The highest BCUT2D eigenvalue weighted by Gasteiger charge is 2.16. The lowest BCUT2D eigenvalue weighted by atomic mass is 9.83. The van der Waals surface area contributed by atoms with E-state index in [-0.39, 0.29) is 5.82 Å². The number of hydrogen-bond acceptors (Lipinski definition) is 0. The van der Waals surface area contributed by atoms with E-state index in [1.54, 1.807) is 6.07 Å². The van der Waals surface area contributed by atoms with Crippen LogP contribution in [-0.4, -0.2) is 0 Å². The van der Waals surface area contributed by atoms with E-state index in [4.69, 9.17) is 0 Å². The second-order valence-electron chi connectivity index (χ2n) is 7.49. The molecule has 0 aromatic heterocycles. The summed E-state index contributed by atoms with van der Waals surface area (Å²) in [5.41, 5.74) is 4.49. The number of aryl methyl sites for hydroxylation is 2. The average molecular weight is 344 g/mol. The van der Waals surface area contributed by atoms with Crippen molar-refractivity contribution in [1.82, 2.24) is 0 Å². The molecule has 1 fully saturated rings. The first-order valence-electron chi connectivity index (χ1n) is 9.41. The maximum Gasteiger partial charge on any atom is 0.140 e. The minimum Gasteiger partial charge on any atom is -0.206 e. The van der Waals surface area contributed by atoms with Crippen molar-refractivity contribution < 1.29 is 4.39 Å². The van der Waals surface area contributed by atoms with Crippen LogP contribution < -0.4 is 0 Å². The Labute approximate surface area is 156 Å². The standard InChI is InChI=1S/C25H25F/c1-18-4-7-21(8-5-18)9-14-24-15-11-22(17-25(24)26)10-13-23-12-6-19(2)16-20(23)3/h6,11-12,15-18,21H,4-5,7-8H2,1-3H3. The number of hydrogen-bond donors (Lipinski definition) is 0.